The molecule has 0 aliphatic rings. The second kappa shape index (κ2) is 12.7. The Morgan fingerprint density at radius 2 is 0.755 bits per heavy atom. The summed E-state index contributed by atoms with van der Waals surface area (Å²) in [4.78, 5) is 28.7. The standard InChI is InChI=1S/C46H28N6O/c1-3-9-37-35(7-1)25-47-27-39(37)29-13-17-31(18-14-29)43-50-44(32-19-15-30(16-20-32)40-28-48-26-36-8-2-4-10-38(36)40)52-45(51-43)33-21-23-34(24-22-33)46-49-41-11-5-6-12-42(41)53-46/h1-28H. The van der Waals surface area contributed by atoms with Crippen LogP contribution < -0.4 is 0 Å². The van der Waals surface area contributed by atoms with Crippen LogP contribution in [-0.4, -0.2) is 29.9 Å². The molecule has 0 unspecified atom stereocenters. The minimum absolute atomic E-state index is 0.567. The summed E-state index contributed by atoms with van der Waals surface area (Å²) < 4.78 is 6.02. The number of aromatic nitrogens is 6. The number of hydrogen-bond acceptors (Lipinski definition) is 7. The lowest BCUT2D eigenvalue weighted by atomic mass is 9.99. The van der Waals surface area contributed by atoms with E-state index in [-0.39, 0.29) is 0 Å². The normalized spacial score (nSPS) is 11.4. The fraction of sp³-hybridized carbons (Fsp3) is 0. The van der Waals surface area contributed by atoms with Gasteiger partial charge in [0, 0.05) is 68.9 Å². The molecule has 0 amide bonds. The average Bonchev–Trinajstić information content (AvgIpc) is 3.68. The van der Waals surface area contributed by atoms with E-state index in [0.717, 1.165) is 77.2 Å². The van der Waals surface area contributed by atoms with E-state index in [1.807, 2.05) is 85.5 Å². The topological polar surface area (TPSA) is 90.5 Å². The van der Waals surface area contributed by atoms with Gasteiger partial charge in [0.1, 0.15) is 5.52 Å². The van der Waals surface area contributed by atoms with Crippen molar-refractivity contribution in [2.24, 2.45) is 0 Å². The number of nitrogens with zero attached hydrogens (tertiary/aromatic N) is 6. The summed E-state index contributed by atoms with van der Waals surface area (Å²) in [6.45, 7) is 0. The average molecular weight is 681 g/mol. The van der Waals surface area contributed by atoms with E-state index < -0.39 is 0 Å². The SMILES string of the molecule is c1ccc2c(-c3ccc(-c4nc(-c5ccc(-c6nc7ccccc7o6)cc5)nc(-c5ccc(-c6cncc7ccccc67)cc5)n4)cc3)cncc2c1. The Kier molecular flexibility index (Phi) is 7.32. The number of oxazole rings is 1. The lowest BCUT2D eigenvalue weighted by Gasteiger charge is -2.11. The van der Waals surface area contributed by atoms with E-state index in [1.54, 1.807) is 0 Å². The molecular formula is C46H28N6O. The molecule has 248 valence electrons. The Labute approximate surface area is 304 Å². The molecule has 0 atom stereocenters. The van der Waals surface area contributed by atoms with Gasteiger partial charge in [-0.3, -0.25) is 9.97 Å². The van der Waals surface area contributed by atoms with Gasteiger partial charge in [0.05, 0.1) is 0 Å². The van der Waals surface area contributed by atoms with Gasteiger partial charge in [-0.25, -0.2) is 19.9 Å². The molecule has 0 fully saturated rings. The fourth-order valence-electron chi connectivity index (χ4n) is 6.81. The summed E-state index contributed by atoms with van der Waals surface area (Å²) in [5.41, 5.74) is 9.36. The predicted octanol–water partition coefficient (Wildman–Crippen LogP) is 11.1. The highest BCUT2D eigenvalue weighted by Gasteiger charge is 2.15. The Morgan fingerprint density at radius 1 is 0.340 bits per heavy atom. The van der Waals surface area contributed by atoms with Crippen molar-refractivity contribution in [3.8, 4) is 67.9 Å². The summed E-state index contributed by atoms with van der Waals surface area (Å²) in [5.74, 6) is 2.30. The van der Waals surface area contributed by atoms with Crippen LogP contribution >= 0.6 is 0 Å². The van der Waals surface area contributed by atoms with Crippen molar-refractivity contribution in [3.05, 3.63) is 170 Å². The summed E-state index contributed by atoms with van der Waals surface area (Å²) >= 11 is 0. The third-order valence-electron chi connectivity index (χ3n) is 9.56. The lowest BCUT2D eigenvalue weighted by molar-refractivity contribution is 0.620. The molecule has 4 heterocycles. The van der Waals surface area contributed by atoms with Crippen molar-refractivity contribution < 1.29 is 4.42 Å². The minimum atomic E-state index is 0.567. The van der Waals surface area contributed by atoms with Crippen molar-refractivity contribution >= 4 is 32.6 Å². The molecule has 7 heteroatoms. The molecule has 0 N–H and O–H groups in total. The van der Waals surface area contributed by atoms with Crippen molar-refractivity contribution in [2.45, 2.75) is 0 Å². The fourth-order valence-corrected chi connectivity index (χ4v) is 6.81. The second-order valence-electron chi connectivity index (χ2n) is 12.8. The number of benzene rings is 6. The molecule has 10 aromatic rings. The van der Waals surface area contributed by atoms with Crippen molar-refractivity contribution in [1.82, 2.24) is 29.9 Å². The monoisotopic (exact) mass is 680 g/mol. The molecule has 53 heavy (non-hydrogen) atoms. The highest BCUT2D eigenvalue weighted by atomic mass is 16.3. The van der Waals surface area contributed by atoms with Crippen LogP contribution in [0.3, 0.4) is 0 Å². The van der Waals surface area contributed by atoms with Crippen LogP contribution in [0.2, 0.25) is 0 Å². The number of para-hydroxylation sites is 2. The molecule has 0 aliphatic heterocycles. The maximum Gasteiger partial charge on any atom is 0.227 e. The van der Waals surface area contributed by atoms with Crippen molar-refractivity contribution in [1.29, 1.82) is 0 Å². The quantitative estimate of drug-likeness (QED) is 0.173. The first-order valence-electron chi connectivity index (χ1n) is 17.3. The van der Waals surface area contributed by atoms with Crippen LogP contribution in [0.15, 0.2) is 175 Å². The molecule has 0 spiro atoms. The number of rotatable bonds is 6. The van der Waals surface area contributed by atoms with Gasteiger partial charge in [0.15, 0.2) is 23.1 Å². The zero-order valence-electron chi connectivity index (χ0n) is 28.3. The van der Waals surface area contributed by atoms with Crippen LogP contribution in [0.1, 0.15) is 0 Å². The predicted molar refractivity (Wildman–Crippen MR) is 211 cm³/mol. The van der Waals surface area contributed by atoms with Gasteiger partial charge in [0.25, 0.3) is 0 Å². The van der Waals surface area contributed by atoms with E-state index in [9.17, 15) is 0 Å². The Morgan fingerprint density at radius 3 is 1.25 bits per heavy atom. The van der Waals surface area contributed by atoms with Gasteiger partial charge >= 0.3 is 0 Å². The largest absolute Gasteiger partial charge is 0.436 e. The number of pyridine rings is 2. The Hall–Kier alpha value is -7.38. The van der Waals surface area contributed by atoms with Crippen LogP contribution in [0.25, 0.3) is 101 Å². The highest BCUT2D eigenvalue weighted by Crippen LogP contribution is 2.33. The molecule has 7 nitrogen and oxygen atoms in total. The maximum absolute atomic E-state index is 6.02. The van der Waals surface area contributed by atoms with E-state index in [2.05, 4.69) is 99.9 Å². The molecular weight excluding hydrogens is 653 g/mol. The first kappa shape index (κ1) is 30.4. The van der Waals surface area contributed by atoms with Crippen LogP contribution in [0.4, 0.5) is 0 Å². The molecule has 0 saturated heterocycles. The van der Waals surface area contributed by atoms with Gasteiger partial charge in [-0.2, -0.15) is 0 Å². The highest BCUT2D eigenvalue weighted by molar-refractivity contribution is 5.97. The van der Waals surface area contributed by atoms with Gasteiger partial charge in [-0.15, -0.1) is 0 Å². The number of hydrogen-bond donors (Lipinski definition) is 0. The van der Waals surface area contributed by atoms with Crippen molar-refractivity contribution in [3.63, 3.8) is 0 Å². The molecule has 0 radical (unpaired) electrons. The molecule has 6 aromatic carbocycles. The first-order chi connectivity index (χ1) is 26.2. The Bertz CT molecular complexity index is 2750. The minimum Gasteiger partial charge on any atom is -0.436 e. The Balaban J connectivity index is 1.05. The zero-order chi connectivity index (χ0) is 35.1. The summed E-state index contributed by atoms with van der Waals surface area (Å²) in [5, 5.41) is 4.52. The van der Waals surface area contributed by atoms with Crippen LogP contribution in [0, 0.1) is 0 Å². The van der Waals surface area contributed by atoms with Crippen molar-refractivity contribution in [2.75, 3.05) is 0 Å². The first-order valence-corrected chi connectivity index (χ1v) is 17.3. The molecule has 0 bridgehead atoms. The maximum atomic E-state index is 6.02. The molecule has 0 saturated carbocycles. The summed E-state index contributed by atoms with van der Waals surface area (Å²) in [6.07, 6.45) is 7.62. The third-order valence-corrected chi connectivity index (χ3v) is 9.56. The smallest absolute Gasteiger partial charge is 0.227 e. The van der Waals surface area contributed by atoms with Crippen LogP contribution in [0.5, 0.6) is 0 Å². The third kappa shape index (κ3) is 5.66. The van der Waals surface area contributed by atoms with E-state index >= 15 is 0 Å². The van der Waals surface area contributed by atoms with Gasteiger partial charge in [-0.05, 0) is 46.2 Å². The van der Waals surface area contributed by atoms with Gasteiger partial charge in [0.2, 0.25) is 5.89 Å². The summed E-state index contributed by atoms with van der Waals surface area (Å²) in [6, 6.07) is 49.0. The van der Waals surface area contributed by atoms with E-state index in [0.29, 0.717) is 23.4 Å². The van der Waals surface area contributed by atoms with Gasteiger partial charge < -0.3 is 4.42 Å². The zero-order valence-corrected chi connectivity index (χ0v) is 28.3. The summed E-state index contributed by atoms with van der Waals surface area (Å²) in [7, 11) is 0. The molecule has 10 rings (SSSR count). The van der Waals surface area contributed by atoms with E-state index in [1.165, 1.54) is 0 Å². The van der Waals surface area contributed by atoms with Crippen LogP contribution in [-0.2, 0) is 0 Å². The second-order valence-corrected chi connectivity index (χ2v) is 12.8. The molecule has 0 aliphatic carbocycles. The van der Waals surface area contributed by atoms with E-state index in [4.69, 9.17) is 19.4 Å². The lowest BCUT2D eigenvalue weighted by Crippen LogP contribution is -2.00. The van der Waals surface area contributed by atoms with Gasteiger partial charge in [-0.1, -0.05) is 121 Å². The number of fused-ring (bicyclic) bond motifs is 3. The molecule has 4 aromatic heterocycles.